The third kappa shape index (κ3) is 3.71. The molecule has 0 radical (unpaired) electrons. The predicted octanol–water partition coefficient (Wildman–Crippen LogP) is 1.03. The van der Waals surface area contributed by atoms with Gasteiger partial charge < -0.3 is 15.8 Å². The third-order valence-corrected chi connectivity index (χ3v) is 3.73. The summed E-state index contributed by atoms with van der Waals surface area (Å²) in [4.78, 5) is 14.5. The quantitative estimate of drug-likeness (QED) is 0.807. The number of nitrogens with zero attached hydrogens (tertiary/aromatic N) is 1. The molecule has 1 heterocycles. The molecule has 3 N–H and O–H groups in total. The molecule has 1 atom stereocenters. The van der Waals surface area contributed by atoms with Crippen LogP contribution in [0.3, 0.4) is 0 Å². The van der Waals surface area contributed by atoms with Gasteiger partial charge >= 0.3 is 0 Å². The third-order valence-electron chi connectivity index (χ3n) is 3.73. The van der Waals surface area contributed by atoms with E-state index in [1.165, 1.54) is 0 Å². The van der Waals surface area contributed by atoms with Crippen LogP contribution in [-0.4, -0.2) is 49.7 Å². The Morgan fingerprint density at radius 1 is 1.45 bits per heavy atom. The molecule has 1 amide bonds. The maximum atomic E-state index is 12.2. The van der Waals surface area contributed by atoms with E-state index in [-0.39, 0.29) is 5.91 Å². The Balaban J connectivity index is 1.89. The van der Waals surface area contributed by atoms with E-state index < -0.39 is 0 Å². The van der Waals surface area contributed by atoms with Crippen molar-refractivity contribution in [2.24, 2.45) is 0 Å². The van der Waals surface area contributed by atoms with E-state index in [2.05, 4.69) is 17.1 Å². The van der Waals surface area contributed by atoms with Crippen molar-refractivity contribution < 1.29 is 9.53 Å². The Kier molecular flexibility index (Phi) is 4.98. The van der Waals surface area contributed by atoms with Crippen LogP contribution in [0.2, 0.25) is 0 Å². The number of hydrogen-bond acceptors (Lipinski definition) is 4. The molecule has 2 rings (SSSR count). The topological polar surface area (TPSA) is 67.6 Å². The molecule has 0 spiro atoms. The molecule has 110 valence electrons. The van der Waals surface area contributed by atoms with Crippen molar-refractivity contribution >= 4 is 11.6 Å². The van der Waals surface area contributed by atoms with Gasteiger partial charge in [-0.3, -0.25) is 9.69 Å². The number of morpholine rings is 1. The Bertz CT molecular complexity index is 470. The number of carbonyl (C=O) groups excluding carboxylic acids is 1. The highest BCUT2D eigenvalue weighted by atomic mass is 16.5. The van der Waals surface area contributed by atoms with Crippen molar-refractivity contribution in [2.45, 2.75) is 19.9 Å². The van der Waals surface area contributed by atoms with Crippen molar-refractivity contribution in [1.82, 2.24) is 10.2 Å². The van der Waals surface area contributed by atoms with Crippen LogP contribution in [-0.2, 0) is 4.74 Å². The van der Waals surface area contributed by atoms with Crippen LogP contribution in [0.25, 0.3) is 0 Å². The number of rotatable bonds is 4. The van der Waals surface area contributed by atoms with Crippen molar-refractivity contribution in [2.75, 3.05) is 38.6 Å². The van der Waals surface area contributed by atoms with E-state index in [0.717, 1.165) is 31.9 Å². The highest BCUT2D eigenvalue weighted by Crippen LogP contribution is 2.12. The molecule has 0 aliphatic carbocycles. The van der Waals surface area contributed by atoms with Crippen LogP contribution in [0, 0.1) is 6.92 Å². The molecule has 1 aromatic rings. The van der Waals surface area contributed by atoms with Gasteiger partial charge in [0.25, 0.3) is 5.91 Å². The largest absolute Gasteiger partial charge is 0.399 e. The molecular formula is C15H23N3O2. The van der Waals surface area contributed by atoms with E-state index in [9.17, 15) is 4.79 Å². The SMILES string of the molecule is Cc1ccc(N)cc1C(=O)NCC(C)N1CCOCC1. The van der Waals surface area contributed by atoms with Gasteiger partial charge in [-0.2, -0.15) is 0 Å². The highest BCUT2D eigenvalue weighted by molar-refractivity contribution is 5.96. The number of anilines is 1. The summed E-state index contributed by atoms with van der Waals surface area (Å²) in [6.07, 6.45) is 0. The van der Waals surface area contributed by atoms with Gasteiger partial charge in [0.15, 0.2) is 0 Å². The highest BCUT2D eigenvalue weighted by Gasteiger charge is 2.18. The number of nitrogens with one attached hydrogen (secondary N) is 1. The van der Waals surface area contributed by atoms with E-state index in [4.69, 9.17) is 10.5 Å². The minimum Gasteiger partial charge on any atom is -0.399 e. The van der Waals surface area contributed by atoms with Gasteiger partial charge in [0, 0.05) is 36.9 Å². The molecule has 1 aromatic carbocycles. The molecule has 0 aromatic heterocycles. The molecule has 0 bridgehead atoms. The van der Waals surface area contributed by atoms with Crippen molar-refractivity contribution in [1.29, 1.82) is 0 Å². The standard InChI is InChI=1S/C15H23N3O2/c1-11-3-4-13(16)9-14(11)15(19)17-10-12(2)18-5-7-20-8-6-18/h3-4,9,12H,5-8,10,16H2,1-2H3,(H,17,19). The number of nitrogens with two attached hydrogens (primary N) is 1. The first-order valence-corrected chi connectivity index (χ1v) is 7.04. The second-order valence-electron chi connectivity index (χ2n) is 5.28. The summed E-state index contributed by atoms with van der Waals surface area (Å²) in [6, 6.07) is 5.71. The molecule has 20 heavy (non-hydrogen) atoms. The zero-order valence-corrected chi connectivity index (χ0v) is 12.2. The van der Waals surface area contributed by atoms with Gasteiger partial charge in [0.05, 0.1) is 13.2 Å². The van der Waals surface area contributed by atoms with Crippen LogP contribution in [0.5, 0.6) is 0 Å². The Labute approximate surface area is 120 Å². The maximum Gasteiger partial charge on any atom is 0.251 e. The number of ether oxygens (including phenoxy) is 1. The lowest BCUT2D eigenvalue weighted by Gasteiger charge is -2.32. The normalized spacial score (nSPS) is 17.7. The van der Waals surface area contributed by atoms with Gasteiger partial charge in [-0.05, 0) is 31.5 Å². The first-order valence-electron chi connectivity index (χ1n) is 7.04. The van der Waals surface area contributed by atoms with Crippen LogP contribution in [0.4, 0.5) is 5.69 Å². The van der Waals surface area contributed by atoms with E-state index in [1.54, 1.807) is 6.07 Å². The predicted molar refractivity (Wildman–Crippen MR) is 79.8 cm³/mol. The summed E-state index contributed by atoms with van der Waals surface area (Å²) in [5.41, 5.74) is 7.94. The number of carbonyl (C=O) groups is 1. The summed E-state index contributed by atoms with van der Waals surface area (Å²) in [5.74, 6) is -0.0603. The number of benzene rings is 1. The van der Waals surface area contributed by atoms with Gasteiger partial charge in [-0.25, -0.2) is 0 Å². The average Bonchev–Trinajstić information content (AvgIpc) is 2.47. The second kappa shape index (κ2) is 6.72. The smallest absolute Gasteiger partial charge is 0.251 e. The summed E-state index contributed by atoms with van der Waals surface area (Å²) in [6.45, 7) is 8.06. The molecule has 1 fully saturated rings. The van der Waals surface area contributed by atoms with Crippen molar-refractivity contribution in [3.8, 4) is 0 Å². The first kappa shape index (κ1) is 14.8. The summed E-state index contributed by atoms with van der Waals surface area (Å²) in [5, 5.41) is 2.99. The minimum absolute atomic E-state index is 0.0603. The number of hydrogen-bond donors (Lipinski definition) is 2. The fourth-order valence-electron chi connectivity index (χ4n) is 2.37. The van der Waals surface area contributed by atoms with Gasteiger partial charge in [0.1, 0.15) is 0 Å². The molecule has 0 saturated carbocycles. The first-order chi connectivity index (χ1) is 9.58. The molecule has 5 nitrogen and oxygen atoms in total. The lowest BCUT2D eigenvalue weighted by Crippen LogP contribution is -2.47. The zero-order chi connectivity index (χ0) is 14.5. The van der Waals surface area contributed by atoms with Gasteiger partial charge in [0.2, 0.25) is 0 Å². The number of nitrogen functional groups attached to an aromatic ring is 1. The lowest BCUT2D eigenvalue weighted by molar-refractivity contribution is 0.0204. The monoisotopic (exact) mass is 277 g/mol. The number of amides is 1. The fraction of sp³-hybridized carbons (Fsp3) is 0.533. The Hall–Kier alpha value is -1.59. The minimum atomic E-state index is -0.0603. The van der Waals surface area contributed by atoms with E-state index >= 15 is 0 Å². The van der Waals surface area contributed by atoms with Crippen LogP contribution in [0.15, 0.2) is 18.2 Å². The number of aryl methyl sites for hydroxylation is 1. The Morgan fingerprint density at radius 3 is 2.85 bits per heavy atom. The average molecular weight is 277 g/mol. The molecule has 1 aliphatic rings. The maximum absolute atomic E-state index is 12.2. The summed E-state index contributed by atoms with van der Waals surface area (Å²) >= 11 is 0. The lowest BCUT2D eigenvalue weighted by atomic mass is 10.1. The summed E-state index contributed by atoms with van der Waals surface area (Å²) < 4.78 is 5.33. The molecule has 1 unspecified atom stereocenters. The van der Waals surface area contributed by atoms with Gasteiger partial charge in [-0.1, -0.05) is 6.07 Å². The molecule has 1 aliphatic heterocycles. The molecule has 1 saturated heterocycles. The van der Waals surface area contributed by atoms with E-state index in [0.29, 0.717) is 23.8 Å². The van der Waals surface area contributed by atoms with Crippen LogP contribution in [0.1, 0.15) is 22.8 Å². The van der Waals surface area contributed by atoms with Crippen LogP contribution < -0.4 is 11.1 Å². The second-order valence-corrected chi connectivity index (χ2v) is 5.28. The zero-order valence-electron chi connectivity index (χ0n) is 12.2. The van der Waals surface area contributed by atoms with Crippen LogP contribution >= 0.6 is 0 Å². The van der Waals surface area contributed by atoms with Crippen molar-refractivity contribution in [3.63, 3.8) is 0 Å². The van der Waals surface area contributed by atoms with Gasteiger partial charge in [-0.15, -0.1) is 0 Å². The molecular weight excluding hydrogens is 254 g/mol. The molecule has 5 heteroatoms. The van der Waals surface area contributed by atoms with E-state index in [1.807, 2.05) is 19.1 Å². The summed E-state index contributed by atoms with van der Waals surface area (Å²) in [7, 11) is 0. The Morgan fingerprint density at radius 2 is 2.15 bits per heavy atom. The van der Waals surface area contributed by atoms with Crippen molar-refractivity contribution in [3.05, 3.63) is 29.3 Å². The fourth-order valence-corrected chi connectivity index (χ4v) is 2.37.